The van der Waals surface area contributed by atoms with Crippen molar-refractivity contribution in [3.05, 3.63) is 51.5 Å². The van der Waals surface area contributed by atoms with E-state index in [1.807, 2.05) is 29.0 Å². The van der Waals surface area contributed by atoms with Crippen molar-refractivity contribution in [2.45, 2.75) is 82.5 Å². The van der Waals surface area contributed by atoms with Crippen LogP contribution in [0.3, 0.4) is 0 Å². The van der Waals surface area contributed by atoms with Crippen molar-refractivity contribution in [1.82, 2.24) is 19.7 Å². The highest BCUT2D eigenvalue weighted by Gasteiger charge is 2.48. The lowest BCUT2D eigenvalue weighted by molar-refractivity contribution is 0.0191. The fourth-order valence-electron chi connectivity index (χ4n) is 7.34. The molecule has 2 aromatic rings. The maximum Gasteiger partial charge on any atom is 0.410 e. The van der Waals surface area contributed by atoms with Crippen molar-refractivity contribution >= 4 is 23.3 Å². The molecule has 2 atom stereocenters. The van der Waals surface area contributed by atoms with Gasteiger partial charge >= 0.3 is 6.09 Å². The van der Waals surface area contributed by atoms with Gasteiger partial charge in [-0.25, -0.2) is 9.78 Å². The number of fused-ring (bicyclic) bond motifs is 4. The maximum absolute atomic E-state index is 13.4. The van der Waals surface area contributed by atoms with E-state index in [2.05, 4.69) is 34.1 Å². The van der Waals surface area contributed by atoms with Gasteiger partial charge < -0.3 is 19.4 Å². The summed E-state index contributed by atoms with van der Waals surface area (Å²) in [6.45, 7) is 7.77. The van der Waals surface area contributed by atoms with E-state index in [0.29, 0.717) is 37.0 Å². The molecule has 3 fully saturated rings. The third kappa shape index (κ3) is 4.12. The highest BCUT2D eigenvalue weighted by atomic mass is 32.1. The lowest BCUT2D eigenvalue weighted by atomic mass is 9.68. The molecule has 2 bridgehead atoms. The highest BCUT2D eigenvalue weighted by Crippen LogP contribution is 2.44. The average molecular weight is 509 g/mol. The van der Waals surface area contributed by atoms with E-state index in [0.717, 1.165) is 63.2 Å². The zero-order valence-corrected chi connectivity index (χ0v) is 22.1. The lowest BCUT2D eigenvalue weighted by Crippen LogP contribution is -2.57. The summed E-state index contributed by atoms with van der Waals surface area (Å²) < 4.78 is 5.35. The number of carbonyl (C=O) groups is 2. The Morgan fingerprint density at radius 3 is 2.50 bits per heavy atom. The van der Waals surface area contributed by atoms with Gasteiger partial charge in [-0.15, -0.1) is 11.3 Å². The van der Waals surface area contributed by atoms with Gasteiger partial charge in [0, 0.05) is 42.0 Å². The molecule has 2 amide bonds. The van der Waals surface area contributed by atoms with Crippen LogP contribution in [0.5, 0.6) is 0 Å². The molecule has 1 aromatic carbocycles. The third-order valence-electron chi connectivity index (χ3n) is 9.03. The number of hydrogen-bond donors (Lipinski definition) is 0. The van der Waals surface area contributed by atoms with Crippen molar-refractivity contribution in [2.75, 3.05) is 26.2 Å². The first-order valence-electron chi connectivity index (χ1n) is 13.5. The van der Waals surface area contributed by atoms with E-state index in [1.165, 1.54) is 22.5 Å². The minimum Gasteiger partial charge on any atom is -0.450 e. The number of ether oxygens (including phenoxy) is 1. The second-order valence-corrected chi connectivity index (χ2v) is 12.1. The van der Waals surface area contributed by atoms with Gasteiger partial charge in [-0.1, -0.05) is 24.3 Å². The van der Waals surface area contributed by atoms with Gasteiger partial charge in [-0.3, -0.25) is 4.79 Å². The number of aryl methyl sites for hydroxylation is 1. The van der Waals surface area contributed by atoms with Crippen LogP contribution in [0, 0.1) is 6.92 Å². The SMILES string of the molecule is CCOC(=O)N1C2CCC1CC(N1CCC3(CC1)CN(C(=O)c1csc(C)n1)Cc1ccccc13)C2. The van der Waals surface area contributed by atoms with E-state index in [4.69, 9.17) is 4.74 Å². The van der Waals surface area contributed by atoms with Crippen LogP contribution in [0.2, 0.25) is 0 Å². The molecule has 4 aliphatic heterocycles. The van der Waals surface area contributed by atoms with E-state index in [9.17, 15) is 9.59 Å². The predicted octanol–water partition coefficient (Wildman–Crippen LogP) is 4.59. The van der Waals surface area contributed by atoms with Gasteiger partial charge in [0.05, 0.1) is 11.6 Å². The van der Waals surface area contributed by atoms with Crippen molar-refractivity contribution in [3.8, 4) is 0 Å². The van der Waals surface area contributed by atoms with Gasteiger partial charge in [0.15, 0.2) is 0 Å². The summed E-state index contributed by atoms with van der Waals surface area (Å²) in [5.74, 6) is 0.0542. The quantitative estimate of drug-likeness (QED) is 0.607. The molecule has 1 spiro atoms. The Bertz CT molecular complexity index is 1130. The fraction of sp³-hybridized carbons (Fsp3) is 0.607. The van der Waals surface area contributed by atoms with Gasteiger partial charge in [0.2, 0.25) is 0 Å². The van der Waals surface area contributed by atoms with E-state index >= 15 is 0 Å². The molecule has 36 heavy (non-hydrogen) atoms. The number of rotatable bonds is 3. The number of amides is 2. The normalized spacial score (nSPS) is 27.2. The molecule has 3 saturated heterocycles. The summed E-state index contributed by atoms with van der Waals surface area (Å²) in [6.07, 6.45) is 6.27. The number of benzene rings is 1. The number of hydrogen-bond acceptors (Lipinski definition) is 6. The van der Waals surface area contributed by atoms with E-state index in [-0.39, 0.29) is 17.4 Å². The highest BCUT2D eigenvalue weighted by molar-refractivity contribution is 7.09. The number of carbonyl (C=O) groups excluding carboxylic acids is 2. The second kappa shape index (κ2) is 9.45. The average Bonchev–Trinajstić information content (AvgIpc) is 3.44. The molecule has 1 aromatic heterocycles. The lowest BCUT2D eigenvalue weighted by Gasteiger charge is -2.51. The van der Waals surface area contributed by atoms with Gasteiger partial charge in [0.25, 0.3) is 5.91 Å². The Balaban J connectivity index is 1.17. The Morgan fingerprint density at radius 1 is 1.11 bits per heavy atom. The predicted molar refractivity (Wildman–Crippen MR) is 139 cm³/mol. The monoisotopic (exact) mass is 508 g/mol. The molecule has 4 aliphatic rings. The molecule has 7 nitrogen and oxygen atoms in total. The molecule has 0 saturated carbocycles. The second-order valence-electron chi connectivity index (χ2n) is 11.0. The maximum atomic E-state index is 13.4. The van der Waals surface area contributed by atoms with Crippen LogP contribution in [0.25, 0.3) is 0 Å². The fourth-order valence-corrected chi connectivity index (χ4v) is 7.93. The minimum absolute atomic E-state index is 0.00329. The van der Waals surface area contributed by atoms with Crippen LogP contribution in [-0.4, -0.2) is 76.1 Å². The van der Waals surface area contributed by atoms with Crippen molar-refractivity contribution in [3.63, 3.8) is 0 Å². The molecule has 0 radical (unpaired) electrons. The number of thiazole rings is 1. The van der Waals surface area contributed by atoms with Gasteiger partial charge in [0.1, 0.15) is 5.69 Å². The van der Waals surface area contributed by atoms with Gasteiger partial charge in [-0.2, -0.15) is 0 Å². The first-order valence-corrected chi connectivity index (χ1v) is 14.3. The van der Waals surface area contributed by atoms with E-state index in [1.54, 1.807) is 0 Å². The topological polar surface area (TPSA) is 66.0 Å². The van der Waals surface area contributed by atoms with Crippen LogP contribution in [-0.2, 0) is 16.7 Å². The summed E-state index contributed by atoms with van der Waals surface area (Å²) in [5, 5.41) is 2.83. The zero-order chi connectivity index (χ0) is 24.9. The Morgan fingerprint density at radius 2 is 1.83 bits per heavy atom. The Kier molecular flexibility index (Phi) is 6.28. The van der Waals surface area contributed by atoms with Crippen molar-refractivity contribution in [1.29, 1.82) is 0 Å². The first-order chi connectivity index (χ1) is 17.5. The molecule has 6 rings (SSSR count). The van der Waals surface area contributed by atoms with Crippen molar-refractivity contribution < 1.29 is 14.3 Å². The summed E-state index contributed by atoms with van der Waals surface area (Å²) in [6, 6.07) is 9.88. The van der Waals surface area contributed by atoms with E-state index < -0.39 is 0 Å². The van der Waals surface area contributed by atoms with Crippen LogP contribution >= 0.6 is 11.3 Å². The summed E-state index contributed by atoms with van der Waals surface area (Å²) in [7, 11) is 0. The number of aromatic nitrogens is 1. The van der Waals surface area contributed by atoms with Crippen LogP contribution in [0.1, 0.15) is 72.1 Å². The zero-order valence-electron chi connectivity index (χ0n) is 21.3. The molecule has 0 aliphatic carbocycles. The molecular weight excluding hydrogens is 472 g/mol. The Hall–Kier alpha value is -2.45. The first kappa shape index (κ1) is 23.9. The molecule has 192 valence electrons. The number of nitrogens with zero attached hydrogens (tertiary/aromatic N) is 4. The standard InChI is InChI=1S/C28H36N4O3S/c1-3-35-27(34)32-21-8-9-22(32)15-23(14-21)30-12-10-28(11-13-30)18-31(16-20-6-4-5-7-24(20)28)26(33)25-17-36-19(2)29-25/h4-7,17,21-23H,3,8-16,18H2,1-2H3. The Labute approximate surface area is 217 Å². The van der Waals surface area contributed by atoms with Crippen LogP contribution in [0.15, 0.2) is 29.6 Å². The summed E-state index contributed by atoms with van der Waals surface area (Å²) in [5.41, 5.74) is 3.28. The minimum atomic E-state index is -0.125. The third-order valence-corrected chi connectivity index (χ3v) is 9.80. The summed E-state index contributed by atoms with van der Waals surface area (Å²) >= 11 is 1.54. The largest absolute Gasteiger partial charge is 0.450 e. The number of piperidine rings is 2. The summed E-state index contributed by atoms with van der Waals surface area (Å²) in [4.78, 5) is 37.1. The molecule has 5 heterocycles. The molecule has 0 N–H and O–H groups in total. The molecular formula is C28H36N4O3S. The molecule has 8 heteroatoms. The smallest absolute Gasteiger partial charge is 0.410 e. The van der Waals surface area contributed by atoms with Crippen LogP contribution < -0.4 is 0 Å². The van der Waals surface area contributed by atoms with Crippen LogP contribution in [0.4, 0.5) is 4.79 Å². The number of likely N-dealkylation sites (tertiary alicyclic amines) is 1. The van der Waals surface area contributed by atoms with Crippen molar-refractivity contribution in [2.24, 2.45) is 0 Å². The molecule has 2 unspecified atom stereocenters. The van der Waals surface area contributed by atoms with Gasteiger partial charge in [-0.05, 0) is 76.6 Å².